The molecule has 9 rings (SSSR count). The molecule has 1 aromatic heterocycles. The van der Waals surface area contributed by atoms with Crippen molar-refractivity contribution in [2.75, 3.05) is 0 Å². The lowest BCUT2D eigenvalue weighted by Crippen LogP contribution is -1.92. The van der Waals surface area contributed by atoms with Crippen LogP contribution >= 0.6 is 0 Å². The first kappa shape index (κ1) is 12.3. The molecule has 0 bridgehead atoms. The van der Waals surface area contributed by atoms with Gasteiger partial charge in [-0.2, -0.15) is 0 Å². The molecule has 0 aliphatic heterocycles. The van der Waals surface area contributed by atoms with Crippen LogP contribution in [0.15, 0.2) is 162 Å². The molecule has 1 heteroatoms. The van der Waals surface area contributed by atoms with E-state index >= 15 is 0 Å². The van der Waals surface area contributed by atoms with E-state index in [0.29, 0.717) is 21.5 Å². The number of hydrogen-bond acceptors (Lipinski definition) is 1. The molecule has 0 amide bonds. The largest absolute Gasteiger partial charge is 0.456 e. The van der Waals surface area contributed by atoms with E-state index in [9.17, 15) is 4.11 Å². The van der Waals surface area contributed by atoms with Crippen LogP contribution in [-0.4, -0.2) is 0 Å². The molecule has 0 unspecified atom stereocenters. The summed E-state index contributed by atoms with van der Waals surface area (Å²) in [7, 11) is 0. The Hall–Kier alpha value is -5.66. The fraction of sp³-hybridized carbons (Fsp3) is 0. The van der Waals surface area contributed by atoms with Gasteiger partial charge in [-0.25, -0.2) is 0 Å². The quantitative estimate of drug-likeness (QED) is 0.195. The van der Waals surface area contributed by atoms with Gasteiger partial charge in [0.25, 0.3) is 0 Å². The van der Waals surface area contributed by atoms with E-state index in [1.807, 2.05) is 0 Å². The minimum Gasteiger partial charge on any atom is -0.456 e. The second-order valence-electron chi connectivity index (χ2n) is 9.85. The maximum absolute atomic E-state index is 9.97. The summed E-state index contributed by atoms with van der Waals surface area (Å²) in [5.74, 6) is 0. The highest BCUT2D eigenvalue weighted by Crippen LogP contribution is 2.47. The number of fused-ring (bicyclic) bond motifs is 6. The van der Waals surface area contributed by atoms with Crippen LogP contribution in [0.5, 0.6) is 0 Å². The first-order valence-electron chi connectivity index (χ1n) is 22.3. The van der Waals surface area contributed by atoms with Crippen molar-refractivity contribution in [1.29, 1.82) is 0 Å². The van der Waals surface area contributed by atoms with Crippen LogP contribution in [0.1, 0.15) is 24.7 Å². The van der Waals surface area contributed by atoms with Gasteiger partial charge in [0.15, 0.2) is 0 Å². The summed E-state index contributed by atoms with van der Waals surface area (Å²) < 4.78 is 165. The molecule has 0 aliphatic rings. The second kappa shape index (κ2) is 9.44. The van der Waals surface area contributed by atoms with Crippen molar-refractivity contribution in [3.8, 4) is 33.4 Å². The Morgan fingerprint density at radius 2 is 1.02 bits per heavy atom. The molecule has 200 valence electrons. The van der Waals surface area contributed by atoms with Crippen LogP contribution < -0.4 is 0 Å². The maximum Gasteiger partial charge on any atom is 0.136 e. The van der Waals surface area contributed by atoms with E-state index < -0.39 is 114 Å². The molecule has 0 N–H and O–H groups in total. The van der Waals surface area contributed by atoms with E-state index in [-0.39, 0.29) is 60.5 Å². The average Bonchev–Trinajstić information content (AvgIpc) is 3.66. The Bertz CT molecular complexity index is 3420. The molecule has 8 aromatic carbocycles. The third-order valence-corrected chi connectivity index (χ3v) is 7.57. The Balaban J connectivity index is 1.55. The first-order chi connectivity index (χ1) is 28.8. The number of furan rings is 1. The van der Waals surface area contributed by atoms with E-state index in [1.54, 1.807) is 48.5 Å². The SMILES string of the molecule is [2H]c1c([2H])c([2H])c(-c2c([2H])c(-c3c4ccccc4c(-c4c([2H])c([2H])c([2H])c5c([2H])c([2H])c([2H])c([2H])c45)c4ccccc34)c([2H])c3oc4c([2H])c([2H])c([2H])c([2H])c4c23)c([2H])c1[2H]. The molecule has 9 aromatic rings. The lowest BCUT2D eigenvalue weighted by atomic mass is 9.84. The average molecular weight is 565 g/mol. The van der Waals surface area contributed by atoms with Gasteiger partial charge in [0.2, 0.25) is 0 Å². The molecule has 0 aliphatic carbocycles. The number of benzene rings is 8. The van der Waals surface area contributed by atoms with Crippen molar-refractivity contribution in [2.45, 2.75) is 0 Å². The summed E-state index contributed by atoms with van der Waals surface area (Å²) in [6, 6.07) is 2.18. The smallest absolute Gasteiger partial charge is 0.136 e. The van der Waals surface area contributed by atoms with E-state index in [0.717, 1.165) is 0 Å². The molecule has 0 saturated carbocycles. The van der Waals surface area contributed by atoms with Crippen LogP contribution in [0.3, 0.4) is 0 Å². The minimum absolute atomic E-state index is 0.0601. The molecule has 43 heavy (non-hydrogen) atoms. The summed E-state index contributed by atoms with van der Waals surface area (Å²) in [5.41, 5.74) is -1.35. The fourth-order valence-corrected chi connectivity index (χ4v) is 5.83. The summed E-state index contributed by atoms with van der Waals surface area (Å²) >= 11 is 0. The van der Waals surface area contributed by atoms with Crippen LogP contribution in [0, 0.1) is 0 Å². The van der Waals surface area contributed by atoms with Crippen LogP contribution in [0.4, 0.5) is 0 Å². The zero-order valence-electron chi connectivity index (χ0n) is 40.0. The third-order valence-electron chi connectivity index (χ3n) is 7.57. The van der Waals surface area contributed by atoms with Crippen molar-refractivity contribution in [3.63, 3.8) is 0 Å². The van der Waals surface area contributed by atoms with Crippen LogP contribution in [-0.2, 0) is 0 Å². The minimum atomic E-state index is -0.737. The van der Waals surface area contributed by atoms with Crippen LogP contribution in [0.25, 0.3) is 87.6 Å². The number of rotatable bonds is 3. The zero-order valence-corrected chi connectivity index (χ0v) is 22.0. The predicted molar refractivity (Wildman–Crippen MR) is 183 cm³/mol. The summed E-state index contributed by atoms with van der Waals surface area (Å²) in [6.07, 6.45) is 0. The van der Waals surface area contributed by atoms with Crippen molar-refractivity contribution in [1.82, 2.24) is 0 Å². The normalized spacial score (nSPS) is 17.6. The maximum atomic E-state index is 9.97. The van der Waals surface area contributed by atoms with Gasteiger partial charge in [-0.1, -0.05) is 139 Å². The Morgan fingerprint density at radius 1 is 0.419 bits per heavy atom. The van der Waals surface area contributed by atoms with Gasteiger partial charge < -0.3 is 4.42 Å². The Labute approximate surface area is 274 Å². The molecule has 0 atom stereocenters. The highest BCUT2D eigenvalue weighted by Gasteiger charge is 2.20. The number of hydrogen-bond donors (Lipinski definition) is 0. The summed E-state index contributed by atoms with van der Waals surface area (Å²) in [6.45, 7) is 0. The predicted octanol–water partition coefficient (Wildman–Crippen LogP) is 12.0. The molecule has 1 heterocycles. The Kier molecular flexibility index (Phi) is 2.70. The van der Waals surface area contributed by atoms with Crippen molar-refractivity contribution < 1.29 is 29.1 Å². The highest BCUT2D eigenvalue weighted by atomic mass is 16.3. The van der Waals surface area contributed by atoms with Gasteiger partial charge in [-0.05, 0) is 83.8 Å². The molecule has 0 radical (unpaired) electrons. The van der Waals surface area contributed by atoms with E-state index in [1.165, 1.54) is 0 Å². The molecular formula is C42H26O. The molecular weight excluding hydrogens is 520 g/mol. The number of para-hydroxylation sites is 1. The van der Waals surface area contributed by atoms with Gasteiger partial charge in [0.05, 0.1) is 24.7 Å². The lowest BCUT2D eigenvalue weighted by Gasteiger charge is -2.19. The standard InChI is InChI=1S/C42H26O/c1-2-13-28(14-3-1)37-25-29(26-39-42(37)36-22-10-11-24-38(36)43-39)40-32-18-6-8-20-34(32)41(35-21-9-7-19-33(35)40)31-23-12-16-27-15-4-5-17-30(27)31/h1-26H/i1D,2D,3D,4D,5D,10D,11D,12D,13D,14D,15D,16D,17D,22D,23D,24D,25D,26D. The molecule has 0 fully saturated rings. The highest BCUT2D eigenvalue weighted by molar-refractivity contribution is 6.24. The second-order valence-corrected chi connectivity index (χ2v) is 9.85. The molecule has 0 spiro atoms. The van der Waals surface area contributed by atoms with Crippen LogP contribution in [0.2, 0.25) is 0 Å². The summed E-state index contributed by atoms with van der Waals surface area (Å²) in [5, 5.41) is 0.404. The van der Waals surface area contributed by atoms with Crippen molar-refractivity contribution >= 4 is 54.3 Å². The zero-order chi connectivity index (χ0) is 44.0. The van der Waals surface area contributed by atoms with Gasteiger partial charge in [0.1, 0.15) is 11.2 Å². The van der Waals surface area contributed by atoms with Crippen molar-refractivity contribution in [3.05, 3.63) is 157 Å². The molecule has 0 saturated heterocycles. The van der Waals surface area contributed by atoms with Gasteiger partial charge in [0, 0.05) is 10.8 Å². The molecule has 1 nitrogen and oxygen atoms in total. The van der Waals surface area contributed by atoms with Gasteiger partial charge in [-0.3, -0.25) is 0 Å². The lowest BCUT2D eigenvalue weighted by molar-refractivity contribution is 0.669. The Morgan fingerprint density at radius 3 is 1.77 bits per heavy atom. The fourth-order valence-electron chi connectivity index (χ4n) is 5.83. The monoisotopic (exact) mass is 564 g/mol. The topological polar surface area (TPSA) is 13.1 Å². The van der Waals surface area contributed by atoms with Gasteiger partial charge in [-0.15, -0.1) is 0 Å². The summed E-state index contributed by atoms with van der Waals surface area (Å²) in [4.78, 5) is 0. The van der Waals surface area contributed by atoms with Crippen molar-refractivity contribution in [2.24, 2.45) is 0 Å². The third kappa shape index (κ3) is 3.65. The van der Waals surface area contributed by atoms with Gasteiger partial charge >= 0.3 is 0 Å². The first-order valence-corrected chi connectivity index (χ1v) is 13.3. The van der Waals surface area contributed by atoms with E-state index in [2.05, 4.69) is 0 Å². The van der Waals surface area contributed by atoms with E-state index in [4.69, 9.17) is 25.0 Å².